The van der Waals surface area contributed by atoms with Crippen molar-refractivity contribution in [2.75, 3.05) is 11.1 Å². The molecule has 6 unspecified atom stereocenters. The molecule has 2 fully saturated rings. The summed E-state index contributed by atoms with van der Waals surface area (Å²) in [5.74, 6) is 0.677. The van der Waals surface area contributed by atoms with Gasteiger partial charge in [-0.25, -0.2) is 14.6 Å². The molecule has 0 aliphatic heterocycles. The van der Waals surface area contributed by atoms with Gasteiger partial charge in [-0.3, -0.25) is 4.79 Å². The zero-order chi connectivity index (χ0) is 28.5. The van der Waals surface area contributed by atoms with Crippen LogP contribution in [-0.4, -0.2) is 65.1 Å². The van der Waals surface area contributed by atoms with Gasteiger partial charge in [0.25, 0.3) is 0 Å². The number of benzene rings is 2. The molecule has 214 valence electrons. The van der Waals surface area contributed by atoms with Crippen LogP contribution in [0.1, 0.15) is 49.3 Å². The number of aliphatic hydroxyl groups is 2. The molecule has 4 aromatic rings. The Balaban J connectivity index is 1.23. The average molecular weight is 594 g/mol. The van der Waals surface area contributed by atoms with E-state index in [0.29, 0.717) is 33.1 Å². The second-order valence-electron chi connectivity index (χ2n) is 10.7. The van der Waals surface area contributed by atoms with Crippen molar-refractivity contribution in [3.63, 3.8) is 0 Å². The van der Waals surface area contributed by atoms with Crippen LogP contribution >= 0.6 is 23.4 Å². The Kier molecular flexibility index (Phi) is 8.12. The number of halogens is 1. The largest absolute Gasteiger partial charge is 0.390 e. The molecule has 4 N–H and O–H groups in total. The lowest BCUT2D eigenvalue weighted by molar-refractivity contribution is -0.129. The van der Waals surface area contributed by atoms with Crippen LogP contribution in [0, 0.1) is 5.92 Å². The highest BCUT2D eigenvalue weighted by atomic mass is 35.5. The number of anilines is 1. The summed E-state index contributed by atoms with van der Waals surface area (Å²) in [6.45, 7) is 2.36. The summed E-state index contributed by atoms with van der Waals surface area (Å²) < 4.78 is 1.54. The van der Waals surface area contributed by atoms with Crippen molar-refractivity contribution in [3.05, 3.63) is 70.7 Å². The van der Waals surface area contributed by atoms with E-state index in [2.05, 4.69) is 40.0 Å². The van der Waals surface area contributed by atoms with Crippen LogP contribution in [0.2, 0.25) is 5.02 Å². The van der Waals surface area contributed by atoms with Gasteiger partial charge in [0.05, 0.1) is 18.1 Å². The first-order valence-corrected chi connectivity index (χ1v) is 15.2. The number of carbonyl (C=O) groups is 1. The van der Waals surface area contributed by atoms with Crippen molar-refractivity contribution in [1.29, 1.82) is 0 Å². The minimum absolute atomic E-state index is 0.186. The molecule has 10 nitrogen and oxygen atoms in total. The summed E-state index contributed by atoms with van der Waals surface area (Å²) in [6.07, 6.45) is -0.341. The molecule has 2 aliphatic carbocycles. The van der Waals surface area contributed by atoms with E-state index in [0.717, 1.165) is 24.2 Å². The lowest BCUT2D eigenvalue weighted by Gasteiger charge is -2.17. The van der Waals surface area contributed by atoms with Crippen LogP contribution in [0.15, 0.2) is 59.8 Å². The summed E-state index contributed by atoms with van der Waals surface area (Å²) in [7, 11) is 0. The third-order valence-electron chi connectivity index (χ3n) is 7.74. The van der Waals surface area contributed by atoms with Crippen molar-refractivity contribution in [2.24, 2.45) is 5.92 Å². The van der Waals surface area contributed by atoms with Gasteiger partial charge in [-0.1, -0.05) is 78.0 Å². The standard InChI is InChI=1S/C29H32ClN7O3S/c1-2-11-41-29-33-26(32-21-13-19(21)17-8-4-3-5-9-17)23-27(34-29)37(36-35-23)22-14-20(24(38)25(22)39)28(40)31-15-16-7-6-10-18(30)12-16/h3-10,12,19-22,24-25,38-39H,2,11,13-15H2,1H3,(H,31,40)(H,32,33,34). The first-order valence-electron chi connectivity index (χ1n) is 13.9. The first kappa shape index (κ1) is 27.9. The van der Waals surface area contributed by atoms with Crippen molar-refractivity contribution in [3.8, 4) is 0 Å². The van der Waals surface area contributed by atoms with Crippen LogP contribution in [0.25, 0.3) is 11.2 Å². The maximum Gasteiger partial charge on any atom is 0.226 e. The Hall–Kier alpha value is -3.25. The van der Waals surface area contributed by atoms with Crippen LogP contribution < -0.4 is 10.6 Å². The fourth-order valence-corrected chi connectivity index (χ4v) is 6.38. The monoisotopic (exact) mass is 593 g/mol. The Morgan fingerprint density at radius 1 is 1.10 bits per heavy atom. The number of aliphatic hydroxyl groups excluding tert-OH is 2. The molecule has 0 saturated heterocycles. The van der Waals surface area contributed by atoms with E-state index in [1.54, 1.807) is 23.9 Å². The molecule has 0 spiro atoms. The first-order chi connectivity index (χ1) is 19.9. The van der Waals surface area contributed by atoms with Gasteiger partial charge in [-0.15, -0.1) is 5.10 Å². The van der Waals surface area contributed by atoms with Gasteiger partial charge in [0.15, 0.2) is 22.1 Å². The molecule has 1 amide bonds. The average Bonchev–Trinajstić information content (AvgIpc) is 3.52. The normalized spacial score (nSPS) is 25.4. The number of aromatic nitrogens is 5. The van der Waals surface area contributed by atoms with E-state index in [1.807, 2.05) is 30.3 Å². The number of thioether (sulfide) groups is 1. The van der Waals surface area contributed by atoms with Crippen molar-refractivity contribution < 1.29 is 15.0 Å². The quantitative estimate of drug-likeness (QED) is 0.159. The maximum atomic E-state index is 13.0. The van der Waals surface area contributed by atoms with Gasteiger partial charge in [-0.05, 0) is 42.5 Å². The predicted octanol–water partition coefficient (Wildman–Crippen LogP) is 3.94. The highest BCUT2D eigenvalue weighted by Crippen LogP contribution is 2.43. The SMILES string of the molecule is CCCSc1nc(NC2CC2c2ccccc2)c2nnn(C3CC(C(=O)NCc4cccc(Cl)c4)C(O)C3O)c2n1. The minimum Gasteiger partial charge on any atom is -0.390 e. The second kappa shape index (κ2) is 11.9. The summed E-state index contributed by atoms with van der Waals surface area (Å²) in [4.78, 5) is 22.5. The van der Waals surface area contributed by atoms with Gasteiger partial charge in [0.2, 0.25) is 5.91 Å². The smallest absolute Gasteiger partial charge is 0.226 e. The van der Waals surface area contributed by atoms with Crippen LogP contribution in [0.3, 0.4) is 0 Å². The molecule has 0 radical (unpaired) electrons. The van der Waals surface area contributed by atoms with E-state index < -0.39 is 24.2 Å². The zero-order valence-electron chi connectivity index (χ0n) is 22.5. The molecule has 2 aromatic heterocycles. The van der Waals surface area contributed by atoms with Gasteiger partial charge in [0.1, 0.15) is 6.10 Å². The molecular formula is C29H32ClN7O3S. The summed E-state index contributed by atoms with van der Waals surface area (Å²) in [6, 6.07) is 17.1. The summed E-state index contributed by atoms with van der Waals surface area (Å²) in [5.41, 5.74) is 3.09. The number of hydrogen-bond donors (Lipinski definition) is 4. The molecule has 0 bridgehead atoms. The van der Waals surface area contributed by atoms with Crippen LogP contribution in [0.4, 0.5) is 5.82 Å². The van der Waals surface area contributed by atoms with E-state index in [1.165, 1.54) is 10.2 Å². The molecule has 2 heterocycles. The number of amides is 1. The lowest BCUT2D eigenvalue weighted by atomic mass is 10.0. The number of hydrogen-bond acceptors (Lipinski definition) is 9. The number of nitrogens with one attached hydrogen (secondary N) is 2. The summed E-state index contributed by atoms with van der Waals surface area (Å²) in [5, 5.41) is 38.2. The zero-order valence-corrected chi connectivity index (χ0v) is 24.1. The third kappa shape index (κ3) is 5.90. The maximum absolute atomic E-state index is 13.0. The Morgan fingerprint density at radius 3 is 2.71 bits per heavy atom. The molecule has 12 heteroatoms. The van der Waals surface area contributed by atoms with Gasteiger partial charge < -0.3 is 20.8 Å². The minimum atomic E-state index is -1.26. The fraction of sp³-hybridized carbons (Fsp3) is 0.414. The molecular weight excluding hydrogens is 562 g/mol. The van der Waals surface area contributed by atoms with Crippen molar-refractivity contribution in [1.82, 2.24) is 30.3 Å². The van der Waals surface area contributed by atoms with Crippen molar-refractivity contribution >= 4 is 46.3 Å². The predicted molar refractivity (Wildman–Crippen MR) is 158 cm³/mol. The summed E-state index contributed by atoms with van der Waals surface area (Å²) >= 11 is 7.60. The molecule has 41 heavy (non-hydrogen) atoms. The molecule has 2 saturated carbocycles. The second-order valence-corrected chi connectivity index (χ2v) is 12.2. The van der Waals surface area contributed by atoms with E-state index >= 15 is 0 Å². The highest BCUT2D eigenvalue weighted by Gasteiger charge is 2.47. The van der Waals surface area contributed by atoms with Crippen LogP contribution in [0.5, 0.6) is 0 Å². The Labute approximate surface area is 246 Å². The van der Waals surface area contributed by atoms with E-state index in [-0.39, 0.29) is 24.9 Å². The van der Waals surface area contributed by atoms with E-state index in [4.69, 9.17) is 21.6 Å². The van der Waals surface area contributed by atoms with Gasteiger partial charge >= 0.3 is 0 Å². The third-order valence-corrected chi connectivity index (χ3v) is 9.03. The topological polar surface area (TPSA) is 138 Å². The van der Waals surface area contributed by atoms with Crippen LogP contribution in [-0.2, 0) is 11.3 Å². The number of fused-ring (bicyclic) bond motifs is 1. The van der Waals surface area contributed by atoms with Crippen molar-refractivity contribution in [2.45, 2.75) is 68.1 Å². The number of rotatable bonds is 10. The fourth-order valence-electron chi connectivity index (χ4n) is 5.47. The van der Waals surface area contributed by atoms with Gasteiger partial charge in [0, 0.05) is 29.3 Å². The highest BCUT2D eigenvalue weighted by molar-refractivity contribution is 7.99. The number of carbonyl (C=O) groups excluding carboxylic acids is 1. The molecule has 2 aromatic carbocycles. The molecule has 6 atom stereocenters. The van der Waals surface area contributed by atoms with E-state index in [9.17, 15) is 15.0 Å². The molecule has 2 aliphatic rings. The Bertz CT molecular complexity index is 1540. The Morgan fingerprint density at radius 2 is 1.93 bits per heavy atom. The number of nitrogens with zero attached hydrogens (tertiary/aromatic N) is 5. The van der Waals surface area contributed by atoms with Gasteiger partial charge in [-0.2, -0.15) is 0 Å². The lowest BCUT2D eigenvalue weighted by Crippen LogP contribution is -2.38. The molecule has 6 rings (SSSR count).